The summed E-state index contributed by atoms with van der Waals surface area (Å²) in [7, 11) is -3.42. The first-order valence-corrected chi connectivity index (χ1v) is 12.0. The molecule has 1 aromatic heterocycles. The highest BCUT2D eigenvalue weighted by atomic mass is 32.2. The van der Waals surface area contributed by atoms with Gasteiger partial charge in [-0.3, -0.25) is 4.79 Å². The van der Waals surface area contributed by atoms with Gasteiger partial charge in [-0.2, -0.15) is 5.26 Å². The van der Waals surface area contributed by atoms with Gasteiger partial charge in [-0.15, -0.1) is 0 Å². The van der Waals surface area contributed by atoms with Gasteiger partial charge in [0.25, 0.3) is 5.56 Å². The third-order valence-electron chi connectivity index (χ3n) is 5.51. The van der Waals surface area contributed by atoms with Crippen molar-refractivity contribution in [1.82, 2.24) is 9.29 Å². The summed E-state index contributed by atoms with van der Waals surface area (Å²) in [6, 6.07) is 14.7. The lowest BCUT2D eigenvalue weighted by atomic mass is 9.83. The lowest BCUT2D eigenvalue weighted by molar-refractivity contribution is 0.00736. The zero-order valence-electron chi connectivity index (χ0n) is 17.0. The van der Waals surface area contributed by atoms with Crippen molar-refractivity contribution in [2.75, 3.05) is 19.4 Å². The van der Waals surface area contributed by atoms with Crippen LogP contribution in [0.25, 0.3) is 0 Å². The molecule has 2 aromatic rings. The Morgan fingerprint density at radius 2 is 1.87 bits per heavy atom. The van der Waals surface area contributed by atoms with Crippen molar-refractivity contribution in [2.24, 2.45) is 0 Å². The molecule has 8 heteroatoms. The van der Waals surface area contributed by atoms with Crippen molar-refractivity contribution < 1.29 is 13.2 Å². The van der Waals surface area contributed by atoms with Crippen LogP contribution in [0.2, 0.25) is 0 Å². The Balaban J connectivity index is 1.64. The van der Waals surface area contributed by atoms with E-state index in [9.17, 15) is 13.2 Å². The number of nitrogens with zero attached hydrogens (tertiary/aromatic N) is 2. The van der Waals surface area contributed by atoms with E-state index < -0.39 is 16.1 Å². The molecule has 0 aliphatic heterocycles. The average Bonchev–Trinajstić information content (AvgIpc) is 2.75. The topological polar surface area (TPSA) is 101 Å². The van der Waals surface area contributed by atoms with E-state index in [0.717, 1.165) is 31.9 Å². The minimum Gasteiger partial charge on any atom is -0.376 e. The van der Waals surface area contributed by atoms with Gasteiger partial charge in [0.2, 0.25) is 10.0 Å². The van der Waals surface area contributed by atoms with E-state index in [2.05, 4.69) is 29.0 Å². The van der Waals surface area contributed by atoms with Crippen LogP contribution < -0.4 is 10.3 Å². The van der Waals surface area contributed by atoms with Crippen molar-refractivity contribution in [3.05, 3.63) is 70.1 Å². The van der Waals surface area contributed by atoms with Crippen molar-refractivity contribution in [3.8, 4) is 6.07 Å². The Morgan fingerprint density at radius 3 is 2.50 bits per heavy atom. The first kappa shape index (κ1) is 22.2. The monoisotopic (exact) mass is 429 g/mol. The number of pyridine rings is 1. The minimum absolute atomic E-state index is 0.0208. The maximum Gasteiger partial charge on any atom is 0.250 e. The van der Waals surface area contributed by atoms with Gasteiger partial charge >= 0.3 is 0 Å². The van der Waals surface area contributed by atoms with Crippen LogP contribution in [0.5, 0.6) is 0 Å². The van der Waals surface area contributed by atoms with Crippen LogP contribution in [-0.4, -0.2) is 38.5 Å². The molecule has 1 aliphatic rings. The molecule has 0 saturated heterocycles. The SMILES string of the molecule is CS(=O)(=O)NCC(CO[C@H]1CC[C@@H](c2ccccc2)CC1)n1cc(C#N)ccc1=O. The van der Waals surface area contributed by atoms with Crippen molar-refractivity contribution in [1.29, 1.82) is 5.26 Å². The summed E-state index contributed by atoms with van der Waals surface area (Å²) in [5, 5.41) is 9.14. The second kappa shape index (κ2) is 10.0. The van der Waals surface area contributed by atoms with Crippen LogP contribution in [0.15, 0.2) is 53.5 Å². The summed E-state index contributed by atoms with van der Waals surface area (Å²) < 4.78 is 33.1. The molecular formula is C22H27N3O4S. The largest absolute Gasteiger partial charge is 0.376 e. The Hall–Kier alpha value is -2.47. The van der Waals surface area contributed by atoms with E-state index in [-0.39, 0.29) is 24.8 Å². The Bertz CT molecular complexity index is 1040. The fraction of sp³-hybridized carbons (Fsp3) is 0.455. The zero-order valence-corrected chi connectivity index (χ0v) is 17.8. The maximum absolute atomic E-state index is 12.3. The van der Waals surface area contributed by atoms with Gasteiger partial charge in [0.15, 0.2) is 0 Å². The minimum atomic E-state index is -3.42. The highest BCUT2D eigenvalue weighted by Gasteiger charge is 2.24. The zero-order chi connectivity index (χ0) is 21.6. The second-order valence-electron chi connectivity index (χ2n) is 7.77. The predicted octanol–water partition coefficient (Wildman–Crippen LogP) is 2.55. The van der Waals surface area contributed by atoms with Crippen LogP contribution in [0.1, 0.15) is 48.8 Å². The molecule has 30 heavy (non-hydrogen) atoms. The lowest BCUT2D eigenvalue weighted by Gasteiger charge is -2.30. The van der Waals surface area contributed by atoms with E-state index in [1.54, 1.807) is 0 Å². The number of nitriles is 1. The highest BCUT2D eigenvalue weighted by Crippen LogP contribution is 2.34. The van der Waals surface area contributed by atoms with E-state index in [0.29, 0.717) is 11.5 Å². The van der Waals surface area contributed by atoms with Gasteiger partial charge in [0, 0.05) is 18.8 Å². The van der Waals surface area contributed by atoms with Crippen LogP contribution in [0.4, 0.5) is 0 Å². The van der Waals surface area contributed by atoms with Gasteiger partial charge < -0.3 is 9.30 Å². The van der Waals surface area contributed by atoms with E-state index in [4.69, 9.17) is 10.00 Å². The first-order valence-electron chi connectivity index (χ1n) is 10.1. The summed E-state index contributed by atoms with van der Waals surface area (Å²) in [5.74, 6) is 0.531. The number of rotatable bonds is 8. The quantitative estimate of drug-likeness (QED) is 0.695. The van der Waals surface area contributed by atoms with Gasteiger partial charge in [0.05, 0.1) is 30.6 Å². The van der Waals surface area contributed by atoms with E-state index in [1.807, 2.05) is 12.1 Å². The van der Waals surface area contributed by atoms with Gasteiger partial charge in [-0.1, -0.05) is 30.3 Å². The molecule has 3 rings (SSSR count). The molecule has 0 spiro atoms. The molecule has 0 amide bonds. The molecule has 0 radical (unpaired) electrons. The second-order valence-corrected chi connectivity index (χ2v) is 9.60. The normalized spacial score (nSPS) is 20.4. The molecule has 160 valence electrons. The Morgan fingerprint density at radius 1 is 1.17 bits per heavy atom. The van der Waals surface area contributed by atoms with Gasteiger partial charge in [-0.05, 0) is 43.2 Å². The van der Waals surface area contributed by atoms with E-state index >= 15 is 0 Å². The number of hydrogen-bond acceptors (Lipinski definition) is 5. The molecule has 0 bridgehead atoms. The summed E-state index contributed by atoms with van der Waals surface area (Å²) in [5.41, 5.74) is 1.39. The van der Waals surface area contributed by atoms with Crippen molar-refractivity contribution >= 4 is 10.0 Å². The van der Waals surface area contributed by atoms with Crippen LogP contribution >= 0.6 is 0 Å². The van der Waals surface area contributed by atoms with Gasteiger partial charge in [0.1, 0.15) is 6.07 Å². The summed E-state index contributed by atoms with van der Waals surface area (Å²) in [6.45, 7) is 0.213. The maximum atomic E-state index is 12.3. The molecule has 1 aromatic carbocycles. The lowest BCUT2D eigenvalue weighted by Crippen LogP contribution is -2.37. The molecule has 1 unspecified atom stereocenters. The number of ether oxygens (including phenoxy) is 1. The molecule has 1 aliphatic carbocycles. The Kier molecular flexibility index (Phi) is 7.43. The molecule has 1 fully saturated rings. The van der Waals surface area contributed by atoms with Crippen LogP contribution in [-0.2, 0) is 14.8 Å². The smallest absolute Gasteiger partial charge is 0.250 e. The molecule has 1 heterocycles. The number of aromatic nitrogens is 1. The number of benzene rings is 1. The molecule has 1 N–H and O–H groups in total. The standard InChI is InChI=1S/C22H27N3O4S/c1-30(27,28)24-14-20(25-15-17(13-23)7-12-22(25)26)16-29-21-10-8-19(9-11-21)18-5-3-2-4-6-18/h2-7,12,15,19-21,24H,8-11,14,16H2,1H3/t19-,20?,21+. The number of sulfonamides is 1. The van der Waals surface area contributed by atoms with Crippen LogP contribution in [0.3, 0.4) is 0 Å². The molecule has 7 nitrogen and oxygen atoms in total. The van der Waals surface area contributed by atoms with Crippen LogP contribution in [0, 0.1) is 11.3 Å². The fourth-order valence-electron chi connectivity index (χ4n) is 3.88. The Labute approximate surface area is 177 Å². The number of hydrogen-bond donors (Lipinski definition) is 1. The average molecular weight is 430 g/mol. The van der Waals surface area contributed by atoms with Crippen molar-refractivity contribution in [3.63, 3.8) is 0 Å². The highest BCUT2D eigenvalue weighted by molar-refractivity contribution is 7.88. The summed E-state index contributed by atoms with van der Waals surface area (Å²) >= 11 is 0. The number of nitrogens with one attached hydrogen (secondary N) is 1. The van der Waals surface area contributed by atoms with Crippen molar-refractivity contribution in [2.45, 2.75) is 43.7 Å². The predicted molar refractivity (Wildman–Crippen MR) is 115 cm³/mol. The molecule has 1 saturated carbocycles. The molecule has 1 atom stereocenters. The third-order valence-corrected chi connectivity index (χ3v) is 6.20. The summed E-state index contributed by atoms with van der Waals surface area (Å²) in [6.07, 6.45) is 6.49. The van der Waals surface area contributed by atoms with Gasteiger partial charge in [-0.25, -0.2) is 13.1 Å². The molecular weight excluding hydrogens is 402 g/mol. The summed E-state index contributed by atoms with van der Waals surface area (Å²) in [4.78, 5) is 12.3. The van der Waals surface area contributed by atoms with E-state index in [1.165, 1.54) is 28.5 Å². The first-order chi connectivity index (χ1) is 14.4. The fourth-order valence-corrected chi connectivity index (χ4v) is 4.37. The third kappa shape index (κ3) is 6.26.